The Kier molecular flexibility index (Phi) is 6.17. The van der Waals surface area contributed by atoms with Crippen LogP contribution in [0.15, 0.2) is 28.6 Å². The van der Waals surface area contributed by atoms with Gasteiger partial charge in [0.1, 0.15) is 6.54 Å². The normalized spacial score (nSPS) is 21.3. The molecule has 2 fully saturated rings. The third kappa shape index (κ3) is 4.62. The largest absolute Gasteiger partial charge is 0.299 e. The van der Waals surface area contributed by atoms with Gasteiger partial charge in [-0.1, -0.05) is 59.7 Å². The maximum absolute atomic E-state index is 12.5. The minimum Gasteiger partial charge on any atom is -0.299 e. The molecule has 1 aromatic heterocycles. The number of thioether (sulfide) groups is 1. The lowest BCUT2D eigenvalue weighted by Gasteiger charge is -2.19. The highest BCUT2D eigenvalue weighted by atomic mass is 35.5. The van der Waals surface area contributed by atoms with E-state index < -0.39 is 5.91 Å². The van der Waals surface area contributed by atoms with Crippen LogP contribution in [-0.4, -0.2) is 39.4 Å². The van der Waals surface area contributed by atoms with Gasteiger partial charge >= 0.3 is 0 Å². The van der Waals surface area contributed by atoms with E-state index in [9.17, 15) is 14.4 Å². The number of carbonyl (C=O) groups is 3. The Balaban J connectivity index is 1.30. The van der Waals surface area contributed by atoms with Crippen molar-refractivity contribution in [3.8, 4) is 0 Å². The van der Waals surface area contributed by atoms with Gasteiger partial charge in [0.25, 0.3) is 0 Å². The number of rotatable bonds is 6. The van der Waals surface area contributed by atoms with Crippen molar-refractivity contribution in [3.63, 3.8) is 0 Å². The van der Waals surface area contributed by atoms with E-state index in [1.165, 1.54) is 23.1 Å². The average molecular weight is 451 g/mol. The number of likely N-dealkylation sites (tertiary alicyclic amines) is 1. The van der Waals surface area contributed by atoms with Crippen molar-refractivity contribution in [2.75, 3.05) is 11.9 Å². The third-order valence-corrected chi connectivity index (χ3v) is 7.46. The Hall–Kier alpha value is -1.97. The monoisotopic (exact) mass is 450 g/mol. The molecule has 2 aromatic rings. The van der Waals surface area contributed by atoms with Gasteiger partial charge in [0.05, 0.1) is 11.8 Å². The van der Waals surface area contributed by atoms with Crippen molar-refractivity contribution < 1.29 is 14.4 Å². The van der Waals surface area contributed by atoms with E-state index in [0.717, 1.165) is 40.5 Å². The van der Waals surface area contributed by atoms with Gasteiger partial charge in [-0.2, -0.15) is 0 Å². The molecule has 1 aliphatic carbocycles. The van der Waals surface area contributed by atoms with E-state index in [1.807, 2.05) is 24.3 Å². The molecule has 1 saturated carbocycles. The van der Waals surface area contributed by atoms with Crippen LogP contribution in [0.25, 0.3) is 0 Å². The van der Waals surface area contributed by atoms with Crippen LogP contribution in [0.1, 0.15) is 31.2 Å². The lowest BCUT2D eigenvalue weighted by Crippen LogP contribution is -2.38. The van der Waals surface area contributed by atoms with Gasteiger partial charge in [0.2, 0.25) is 22.9 Å². The molecule has 10 heteroatoms. The summed E-state index contributed by atoms with van der Waals surface area (Å²) in [6, 6.07) is 7.56. The summed E-state index contributed by atoms with van der Waals surface area (Å²) in [6.45, 7) is -0.266. The molecule has 0 bridgehead atoms. The molecule has 152 valence electrons. The van der Waals surface area contributed by atoms with Crippen LogP contribution in [0.2, 0.25) is 5.02 Å². The summed E-state index contributed by atoms with van der Waals surface area (Å²) < 4.78 is 0.717. The molecule has 2 heterocycles. The van der Waals surface area contributed by atoms with Gasteiger partial charge in [-0.15, -0.1) is 10.2 Å². The van der Waals surface area contributed by atoms with Crippen molar-refractivity contribution in [1.82, 2.24) is 15.1 Å². The second-order valence-electron chi connectivity index (χ2n) is 7.10. The molecule has 7 nitrogen and oxygen atoms in total. The zero-order chi connectivity index (χ0) is 20.4. The number of benzene rings is 1. The van der Waals surface area contributed by atoms with Gasteiger partial charge in [-0.3, -0.25) is 24.6 Å². The molecule has 0 radical (unpaired) electrons. The molecule has 2 aliphatic rings. The SMILES string of the molecule is O=C(CN1C(=O)C2CCCCC2C1=O)Nc1nnc(SCc2ccc(Cl)cc2)s1. The molecule has 1 saturated heterocycles. The predicted octanol–water partition coefficient (Wildman–Crippen LogP) is 3.60. The molecular weight excluding hydrogens is 432 g/mol. The fourth-order valence-electron chi connectivity index (χ4n) is 3.73. The van der Waals surface area contributed by atoms with Crippen molar-refractivity contribution in [2.24, 2.45) is 11.8 Å². The van der Waals surface area contributed by atoms with Crippen molar-refractivity contribution >= 4 is 57.6 Å². The molecule has 4 rings (SSSR count). The first-order valence-electron chi connectivity index (χ1n) is 9.37. The number of amides is 3. The molecule has 1 N–H and O–H groups in total. The highest BCUT2D eigenvalue weighted by Crippen LogP contribution is 2.38. The van der Waals surface area contributed by atoms with E-state index in [0.29, 0.717) is 15.9 Å². The number of carbonyl (C=O) groups excluding carboxylic acids is 3. The summed E-state index contributed by atoms with van der Waals surface area (Å²) in [5, 5.41) is 11.7. The first-order chi connectivity index (χ1) is 14.0. The van der Waals surface area contributed by atoms with E-state index in [-0.39, 0.29) is 30.2 Å². The number of fused-ring (bicyclic) bond motifs is 1. The Morgan fingerprint density at radius 2 is 1.79 bits per heavy atom. The van der Waals surface area contributed by atoms with Gasteiger partial charge < -0.3 is 0 Å². The Morgan fingerprint density at radius 3 is 2.45 bits per heavy atom. The molecular formula is C19H19ClN4O3S2. The molecule has 3 amide bonds. The van der Waals surface area contributed by atoms with Crippen LogP contribution in [-0.2, 0) is 20.1 Å². The highest BCUT2D eigenvalue weighted by Gasteiger charge is 2.48. The summed E-state index contributed by atoms with van der Waals surface area (Å²) in [7, 11) is 0. The summed E-state index contributed by atoms with van der Waals surface area (Å²) in [6.07, 6.45) is 3.39. The Morgan fingerprint density at radius 1 is 1.14 bits per heavy atom. The maximum Gasteiger partial charge on any atom is 0.246 e. The van der Waals surface area contributed by atoms with E-state index in [4.69, 9.17) is 11.6 Å². The van der Waals surface area contributed by atoms with Crippen LogP contribution < -0.4 is 5.32 Å². The van der Waals surface area contributed by atoms with Crippen LogP contribution in [0.5, 0.6) is 0 Å². The van der Waals surface area contributed by atoms with Crippen molar-refractivity contribution in [3.05, 3.63) is 34.9 Å². The van der Waals surface area contributed by atoms with Crippen LogP contribution in [0, 0.1) is 11.8 Å². The Labute approximate surface area is 181 Å². The summed E-state index contributed by atoms with van der Waals surface area (Å²) in [5.74, 6) is -0.657. The third-order valence-electron chi connectivity index (χ3n) is 5.16. The minimum absolute atomic E-state index is 0.216. The van der Waals surface area contributed by atoms with Crippen LogP contribution in [0.3, 0.4) is 0 Å². The quantitative estimate of drug-likeness (QED) is 0.410. The highest BCUT2D eigenvalue weighted by molar-refractivity contribution is 8.00. The number of imide groups is 1. The number of halogens is 1. The standard InChI is InChI=1S/C19H19ClN4O3S2/c20-12-7-5-11(6-8-12)10-28-19-23-22-18(29-19)21-15(25)9-24-16(26)13-3-1-2-4-14(13)17(24)27/h5-8,13-14H,1-4,9-10H2,(H,21,22,25). The summed E-state index contributed by atoms with van der Waals surface area (Å²) >= 11 is 8.65. The van der Waals surface area contributed by atoms with Gasteiger partial charge in [0.15, 0.2) is 4.34 Å². The van der Waals surface area contributed by atoms with Gasteiger partial charge in [-0.25, -0.2) is 0 Å². The van der Waals surface area contributed by atoms with E-state index in [2.05, 4.69) is 15.5 Å². The lowest BCUT2D eigenvalue weighted by atomic mass is 9.81. The zero-order valence-electron chi connectivity index (χ0n) is 15.5. The van der Waals surface area contributed by atoms with Crippen molar-refractivity contribution in [1.29, 1.82) is 0 Å². The number of hydrogen-bond donors (Lipinski definition) is 1. The second kappa shape index (κ2) is 8.81. The molecule has 1 aliphatic heterocycles. The van der Waals surface area contributed by atoms with Gasteiger partial charge in [-0.05, 0) is 30.5 Å². The summed E-state index contributed by atoms with van der Waals surface area (Å²) in [4.78, 5) is 38.4. The topological polar surface area (TPSA) is 92.3 Å². The second-order valence-corrected chi connectivity index (χ2v) is 9.73. The fourth-order valence-corrected chi connectivity index (χ4v) is 5.58. The van der Waals surface area contributed by atoms with Crippen LogP contribution in [0.4, 0.5) is 5.13 Å². The zero-order valence-corrected chi connectivity index (χ0v) is 17.9. The predicted molar refractivity (Wildman–Crippen MR) is 112 cm³/mol. The average Bonchev–Trinajstić information content (AvgIpc) is 3.26. The molecule has 2 unspecified atom stereocenters. The lowest BCUT2D eigenvalue weighted by molar-refractivity contribution is -0.142. The molecule has 1 aromatic carbocycles. The number of anilines is 1. The van der Waals surface area contributed by atoms with E-state index in [1.54, 1.807) is 0 Å². The van der Waals surface area contributed by atoms with Crippen molar-refractivity contribution in [2.45, 2.75) is 35.8 Å². The maximum atomic E-state index is 12.5. The smallest absolute Gasteiger partial charge is 0.246 e. The first kappa shape index (κ1) is 20.3. The number of aromatic nitrogens is 2. The number of nitrogens with zero attached hydrogens (tertiary/aromatic N) is 3. The molecule has 0 spiro atoms. The summed E-state index contributed by atoms with van der Waals surface area (Å²) in [5.41, 5.74) is 1.10. The number of nitrogens with one attached hydrogen (secondary N) is 1. The first-order valence-corrected chi connectivity index (χ1v) is 11.5. The minimum atomic E-state index is -0.434. The Bertz CT molecular complexity index is 910. The molecule has 29 heavy (non-hydrogen) atoms. The van der Waals surface area contributed by atoms with E-state index >= 15 is 0 Å². The van der Waals surface area contributed by atoms with Crippen LogP contribution >= 0.6 is 34.7 Å². The van der Waals surface area contributed by atoms with Gasteiger partial charge in [0, 0.05) is 10.8 Å². The molecule has 2 atom stereocenters. The fraction of sp³-hybridized carbons (Fsp3) is 0.421. The number of hydrogen-bond acceptors (Lipinski definition) is 7.